The number of Topliss-reactive ketones (excluding diaryl/α,β-unsaturated/α-hetero) is 1. The molecule has 3 aromatic carbocycles. The van der Waals surface area contributed by atoms with Gasteiger partial charge in [-0.1, -0.05) is 47.5 Å². The van der Waals surface area contributed by atoms with Gasteiger partial charge in [0.1, 0.15) is 5.58 Å². The number of carbonyl (C=O) groups is 2. The molecule has 1 amide bonds. The third-order valence-electron chi connectivity index (χ3n) is 6.36. The van der Waals surface area contributed by atoms with Crippen LogP contribution in [0.4, 0.5) is 0 Å². The number of hydrogen-bond donors (Lipinski definition) is 1. The molecule has 2 aromatic heterocycles. The Kier molecular flexibility index (Phi) is 6.91. The van der Waals surface area contributed by atoms with Crippen LogP contribution in [0.1, 0.15) is 27.3 Å². The van der Waals surface area contributed by atoms with Crippen molar-refractivity contribution in [3.63, 3.8) is 0 Å². The Morgan fingerprint density at radius 1 is 0.973 bits per heavy atom. The van der Waals surface area contributed by atoms with Gasteiger partial charge in [-0.3, -0.25) is 15.0 Å². The Morgan fingerprint density at radius 2 is 1.73 bits per heavy atom. The molecule has 188 valence electrons. The van der Waals surface area contributed by atoms with Crippen molar-refractivity contribution in [3.05, 3.63) is 99.8 Å². The minimum absolute atomic E-state index is 0.00521. The van der Waals surface area contributed by atoms with E-state index in [1.165, 1.54) is 0 Å². The van der Waals surface area contributed by atoms with Gasteiger partial charge in [-0.2, -0.15) is 0 Å². The van der Waals surface area contributed by atoms with E-state index in [0.717, 1.165) is 5.39 Å². The van der Waals surface area contributed by atoms with Crippen molar-refractivity contribution < 1.29 is 14.0 Å². The van der Waals surface area contributed by atoms with E-state index in [1.807, 2.05) is 30.3 Å². The number of aromatic nitrogens is 2. The molecule has 0 radical (unpaired) electrons. The van der Waals surface area contributed by atoms with E-state index in [2.05, 4.69) is 0 Å². The highest BCUT2D eigenvalue weighted by Gasteiger charge is 2.19. The lowest BCUT2D eigenvalue weighted by Crippen LogP contribution is -2.30. The number of furan rings is 1. The molecule has 9 heteroatoms. The predicted octanol–water partition coefficient (Wildman–Crippen LogP) is 6.02. The number of fused-ring (bicyclic) bond motifs is 2. The Morgan fingerprint density at radius 3 is 2.49 bits per heavy atom. The summed E-state index contributed by atoms with van der Waals surface area (Å²) < 4.78 is 9.14. The van der Waals surface area contributed by atoms with Crippen LogP contribution in [0.3, 0.4) is 0 Å². The molecular weight excluding hydrogens is 511 g/mol. The summed E-state index contributed by atoms with van der Waals surface area (Å²) in [4.78, 5) is 27.4. The van der Waals surface area contributed by atoms with Gasteiger partial charge in [0.2, 0.25) is 5.62 Å². The molecule has 0 saturated heterocycles. The van der Waals surface area contributed by atoms with Crippen LogP contribution in [-0.2, 0) is 13.1 Å². The molecule has 2 heterocycles. The van der Waals surface area contributed by atoms with Gasteiger partial charge in [0, 0.05) is 36.1 Å². The highest BCUT2D eigenvalue weighted by Crippen LogP contribution is 2.24. The summed E-state index contributed by atoms with van der Waals surface area (Å²) in [6.07, 6.45) is 0.578. The van der Waals surface area contributed by atoms with Gasteiger partial charge in [-0.25, -0.2) is 0 Å². The summed E-state index contributed by atoms with van der Waals surface area (Å²) in [6.45, 7) is 0.886. The van der Waals surface area contributed by atoms with Crippen LogP contribution in [0.25, 0.3) is 22.0 Å². The van der Waals surface area contributed by atoms with Gasteiger partial charge in [-0.05, 0) is 55.0 Å². The van der Waals surface area contributed by atoms with Crippen molar-refractivity contribution in [2.45, 2.75) is 19.5 Å². The number of aryl methyl sites for hydroxylation is 1. The zero-order valence-electron chi connectivity index (χ0n) is 20.1. The number of ketones is 1. The SMILES string of the molecule is CN(CCCn1c(=N)n(CC(=O)c2ccc(Cl)cc2)c2cccc(Cl)c21)C(=O)c1cc2ccccc2o1. The molecule has 37 heavy (non-hydrogen) atoms. The Hall–Kier alpha value is -3.81. The molecule has 5 aromatic rings. The number of rotatable bonds is 8. The number of nitrogens with zero attached hydrogens (tertiary/aromatic N) is 3. The highest BCUT2D eigenvalue weighted by molar-refractivity contribution is 6.35. The van der Waals surface area contributed by atoms with Crippen molar-refractivity contribution in [2.24, 2.45) is 0 Å². The Labute approximate surface area is 222 Å². The average molecular weight is 535 g/mol. The number of hydrogen-bond acceptors (Lipinski definition) is 4. The maximum Gasteiger partial charge on any atom is 0.289 e. The van der Waals surface area contributed by atoms with E-state index >= 15 is 0 Å². The van der Waals surface area contributed by atoms with Crippen LogP contribution in [0.2, 0.25) is 10.0 Å². The summed E-state index contributed by atoms with van der Waals surface area (Å²) in [5.41, 5.74) is 2.74. The fourth-order valence-corrected chi connectivity index (χ4v) is 4.84. The van der Waals surface area contributed by atoms with Gasteiger partial charge < -0.3 is 18.5 Å². The van der Waals surface area contributed by atoms with E-state index in [0.29, 0.717) is 51.7 Å². The summed E-state index contributed by atoms with van der Waals surface area (Å²) in [6, 6.07) is 21.4. The van der Waals surface area contributed by atoms with Crippen LogP contribution in [0.5, 0.6) is 0 Å². The smallest absolute Gasteiger partial charge is 0.289 e. The second-order valence-corrected chi connectivity index (χ2v) is 9.67. The maximum atomic E-state index is 13.0. The highest BCUT2D eigenvalue weighted by atomic mass is 35.5. The third kappa shape index (κ3) is 4.92. The molecule has 1 N–H and O–H groups in total. The van der Waals surface area contributed by atoms with E-state index in [-0.39, 0.29) is 29.6 Å². The van der Waals surface area contributed by atoms with E-state index < -0.39 is 0 Å². The van der Waals surface area contributed by atoms with Crippen molar-refractivity contribution in [3.8, 4) is 0 Å². The van der Waals surface area contributed by atoms with E-state index in [4.69, 9.17) is 33.0 Å². The molecule has 0 atom stereocenters. The first-order valence-corrected chi connectivity index (χ1v) is 12.5. The molecule has 0 aliphatic carbocycles. The first-order chi connectivity index (χ1) is 17.8. The van der Waals surface area contributed by atoms with Gasteiger partial charge in [0.15, 0.2) is 11.5 Å². The minimum atomic E-state index is -0.207. The summed E-state index contributed by atoms with van der Waals surface area (Å²) in [7, 11) is 1.73. The quantitative estimate of drug-likeness (QED) is 0.247. The van der Waals surface area contributed by atoms with Crippen LogP contribution < -0.4 is 5.62 Å². The minimum Gasteiger partial charge on any atom is -0.451 e. The second kappa shape index (κ2) is 10.3. The molecule has 0 aliphatic rings. The van der Waals surface area contributed by atoms with Crippen LogP contribution in [0.15, 0.2) is 77.2 Å². The normalized spacial score (nSPS) is 11.3. The molecular formula is C28H24Cl2N4O3. The van der Waals surface area contributed by atoms with Crippen LogP contribution in [0, 0.1) is 5.41 Å². The first-order valence-electron chi connectivity index (χ1n) is 11.8. The fourth-order valence-electron chi connectivity index (χ4n) is 4.45. The monoisotopic (exact) mass is 534 g/mol. The lowest BCUT2D eigenvalue weighted by Gasteiger charge is -2.16. The van der Waals surface area contributed by atoms with Crippen molar-refractivity contribution in [1.29, 1.82) is 5.41 Å². The van der Waals surface area contributed by atoms with Gasteiger partial charge in [-0.15, -0.1) is 0 Å². The average Bonchev–Trinajstić information content (AvgIpc) is 3.44. The molecule has 0 aliphatic heterocycles. The largest absolute Gasteiger partial charge is 0.451 e. The van der Waals surface area contributed by atoms with Crippen molar-refractivity contribution in [1.82, 2.24) is 14.0 Å². The molecule has 0 saturated carbocycles. The summed E-state index contributed by atoms with van der Waals surface area (Å²) in [5, 5.41) is 10.8. The number of imidazole rings is 1. The second-order valence-electron chi connectivity index (χ2n) is 8.83. The van der Waals surface area contributed by atoms with Crippen LogP contribution in [-0.4, -0.2) is 39.3 Å². The van der Waals surface area contributed by atoms with Gasteiger partial charge in [0.25, 0.3) is 5.91 Å². The number of para-hydroxylation sites is 2. The Bertz CT molecular complexity index is 1650. The predicted molar refractivity (Wildman–Crippen MR) is 144 cm³/mol. The zero-order valence-corrected chi connectivity index (χ0v) is 21.6. The zero-order chi connectivity index (χ0) is 26.1. The van der Waals surface area contributed by atoms with E-state index in [9.17, 15) is 9.59 Å². The molecule has 0 spiro atoms. The number of carbonyl (C=O) groups excluding carboxylic acids is 2. The summed E-state index contributed by atoms with van der Waals surface area (Å²) in [5.74, 6) is -0.0513. The molecule has 0 unspecified atom stereocenters. The van der Waals surface area contributed by atoms with Crippen LogP contribution >= 0.6 is 23.2 Å². The fraction of sp³-hybridized carbons (Fsp3) is 0.179. The standard InChI is InChI=1S/C28H24Cl2N4O3/c1-32(27(36)25-16-19-6-2-3-9-24(19)37-25)14-5-15-33-26-21(30)7-4-8-22(26)34(28(33)31)17-23(35)18-10-12-20(29)13-11-18/h2-4,6-13,16,31H,5,14-15,17H2,1H3. The molecule has 0 fully saturated rings. The van der Waals surface area contributed by atoms with E-state index in [1.54, 1.807) is 63.5 Å². The maximum absolute atomic E-state index is 13.0. The third-order valence-corrected chi connectivity index (χ3v) is 6.92. The van der Waals surface area contributed by atoms with Gasteiger partial charge >= 0.3 is 0 Å². The molecule has 7 nitrogen and oxygen atoms in total. The Balaban J connectivity index is 1.34. The molecule has 5 rings (SSSR count). The lowest BCUT2D eigenvalue weighted by molar-refractivity contribution is 0.0762. The van der Waals surface area contributed by atoms with Crippen molar-refractivity contribution >= 4 is 56.9 Å². The first kappa shape index (κ1) is 24.9. The summed E-state index contributed by atoms with van der Waals surface area (Å²) >= 11 is 12.5. The number of nitrogens with one attached hydrogen (secondary N) is 1. The number of halogens is 2. The number of benzene rings is 3. The van der Waals surface area contributed by atoms with Gasteiger partial charge in [0.05, 0.1) is 22.6 Å². The van der Waals surface area contributed by atoms with Crippen molar-refractivity contribution in [2.75, 3.05) is 13.6 Å². The lowest BCUT2D eigenvalue weighted by atomic mass is 10.1. The topological polar surface area (TPSA) is 84.2 Å². The molecule has 0 bridgehead atoms. The number of amides is 1.